The van der Waals surface area contributed by atoms with Gasteiger partial charge in [0.25, 0.3) is 0 Å². The summed E-state index contributed by atoms with van der Waals surface area (Å²) in [5, 5.41) is 8.58. The standard InChI is InChI=1S/C34H45N7O3/c1-34(2,3)44-33(42)40-12-10-28(11-13-40)41-21-25(20-37-41)23-4-5-24-19-30-31(29(24)18-23)32(36-22-35-30)38-26-6-8-27(9-7-26)39-14-16-43-17-15-39/h4-5,18,20-22,26-28H,6-17,19H2,1-3H3,(H,35,36,38). The molecule has 0 radical (unpaired) electrons. The van der Waals surface area contributed by atoms with Gasteiger partial charge in [-0.15, -0.1) is 0 Å². The van der Waals surface area contributed by atoms with Crippen molar-refractivity contribution in [2.45, 2.75) is 89.4 Å². The van der Waals surface area contributed by atoms with Crippen LogP contribution in [-0.4, -0.2) is 92.7 Å². The van der Waals surface area contributed by atoms with E-state index in [1.807, 2.05) is 31.9 Å². The highest BCUT2D eigenvalue weighted by molar-refractivity contribution is 5.86. The van der Waals surface area contributed by atoms with Crippen LogP contribution in [0.5, 0.6) is 0 Å². The Morgan fingerprint density at radius 1 is 0.955 bits per heavy atom. The predicted octanol–water partition coefficient (Wildman–Crippen LogP) is 5.54. The maximum absolute atomic E-state index is 12.5. The summed E-state index contributed by atoms with van der Waals surface area (Å²) in [5.74, 6) is 0.966. The smallest absolute Gasteiger partial charge is 0.410 e. The number of carbonyl (C=O) groups is 1. The third-order valence-corrected chi connectivity index (χ3v) is 9.69. The maximum atomic E-state index is 12.5. The number of nitrogens with one attached hydrogen (secondary N) is 1. The van der Waals surface area contributed by atoms with Gasteiger partial charge in [0.1, 0.15) is 17.7 Å². The fourth-order valence-corrected chi connectivity index (χ4v) is 7.32. The van der Waals surface area contributed by atoms with Crippen molar-refractivity contribution in [1.29, 1.82) is 0 Å². The number of likely N-dealkylation sites (tertiary alicyclic amines) is 1. The second kappa shape index (κ2) is 12.1. The molecule has 44 heavy (non-hydrogen) atoms. The van der Waals surface area contributed by atoms with E-state index in [1.54, 1.807) is 6.33 Å². The molecule has 10 heteroatoms. The number of hydrogen-bond acceptors (Lipinski definition) is 8. The summed E-state index contributed by atoms with van der Waals surface area (Å²) in [6.07, 6.45) is 12.9. The van der Waals surface area contributed by atoms with Crippen molar-refractivity contribution in [3.63, 3.8) is 0 Å². The lowest BCUT2D eigenvalue weighted by Crippen LogP contribution is -2.46. The highest BCUT2D eigenvalue weighted by atomic mass is 16.6. The summed E-state index contributed by atoms with van der Waals surface area (Å²) in [6.45, 7) is 10.9. The van der Waals surface area contributed by atoms with Gasteiger partial charge in [0.15, 0.2) is 0 Å². The summed E-state index contributed by atoms with van der Waals surface area (Å²) in [4.78, 5) is 26.4. The van der Waals surface area contributed by atoms with Gasteiger partial charge in [0.05, 0.1) is 31.1 Å². The molecule has 7 rings (SSSR count). The number of carbonyl (C=O) groups excluding carboxylic acids is 1. The molecule has 1 aromatic carbocycles. The Kier molecular flexibility index (Phi) is 8.05. The molecule has 1 amide bonds. The summed E-state index contributed by atoms with van der Waals surface area (Å²) in [5.41, 5.74) is 6.54. The lowest BCUT2D eigenvalue weighted by Gasteiger charge is -2.39. The van der Waals surface area contributed by atoms with E-state index in [1.165, 1.54) is 24.0 Å². The predicted molar refractivity (Wildman–Crippen MR) is 170 cm³/mol. The Morgan fingerprint density at radius 2 is 1.73 bits per heavy atom. The monoisotopic (exact) mass is 599 g/mol. The van der Waals surface area contributed by atoms with Crippen molar-refractivity contribution in [3.05, 3.63) is 48.2 Å². The first-order chi connectivity index (χ1) is 21.3. The average Bonchev–Trinajstić information content (AvgIpc) is 3.67. The van der Waals surface area contributed by atoms with Gasteiger partial charge in [-0.1, -0.05) is 12.1 Å². The zero-order chi connectivity index (χ0) is 30.3. The van der Waals surface area contributed by atoms with Crippen LogP contribution in [0.3, 0.4) is 0 Å². The molecule has 10 nitrogen and oxygen atoms in total. The second-order valence-corrected chi connectivity index (χ2v) is 13.8. The molecule has 2 saturated heterocycles. The van der Waals surface area contributed by atoms with Crippen LogP contribution >= 0.6 is 0 Å². The lowest BCUT2D eigenvalue weighted by molar-refractivity contribution is 0.00790. The van der Waals surface area contributed by atoms with E-state index in [4.69, 9.17) is 19.6 Å². The normalized spacial score (nSPS) is 22.8. The van der Waals surface area contributed by atoms with Crippen LogP contribution in [0.4, 0.5) is 10.6 Å². The number of amides is 1. The van der Waals surface area contributed by atoms with Crippen molar-refractivity contribution < 1.29 is 14.3 Å². The Balaban J connectivity index is 1.02. The number of benzene rings is 1. The van der Waals surface area contributed by atoms with E-state index in [2.05, 4.69) is 44.3 Å². The van der Waals surface area contributed by atoms with Gasteiger partial charge in [0.2, 0.25) is 0 Å². The summed E-state index contributed by atoms with van der Waals surface area (Å²) in [6, 6.07) is 8.09. The van der Waals surface area contributed by atoms with Crippen LogP contribution in [0.25, 0.3) is 22.3 Å². The molecule has 0 unspecified atom stereocenters. The number of anilines is 1. The fraction of sp³-hybridized carbons (Fsp3) is 0.588. The SMILES string of the molecule is CC(C)(C)OC(=O)N1CCC(n2cc(-c3ccc4c(c3)-c3c(ncnc3NC3CCC(N5CCOCC5)CC3)C4)cn2)CC1. The minimum Gasteiger partial charge on any atom is -0.444 e. The third kappa shape index (κ3) is 6.19. The minimum absolute atomic E-state index is 0.228. The number of fused-ring (bicyclic) bond motifs is 3. The second-order valence-electron chi connectivity index (χ2n) is 13.8. The Morgan fingerprint density at radius 3 is 2.48 bits per heavy atom. The molecule has 234 valence electrons. The molecule has 2 aliphatic heterocycles. The minimum atomic E-state index is -0.479. The van der Waals surface area contributed by atoms with E-state index < -0.39 is 5.60 Å². The molecule has 0 bridgehead atoms. The van der Waals surface area contributed by atoms with Crippen molar-refractivity contribution in [2.24, 2.45) is 0 Å². The van der Waals surface area contributed by atoms with Crippen molar-refractivity contribution in [2.75, 3.05) is 44.7 Å². The maximum Gasteiger partial charge on any atom is 0.410 e. The summed E-state index contributed by atoms with van der Waals surface area (Å²) >= 11 is 0. The molecule has 4 heterocycles. The van der Waals surface area contributed by atoms with Gasteiger partial charge in [-0.05, 0) is 82.1 Å². The number of rotatable bonds is 5. The number of aromatic nitrogens is 4. The molecule has 3 aromatic rings. The van der Waals surface area contributed by atoms with Gasteiger partial charge in [-0.25, -0.2) is 14.8 Å². The van der Waals surface area contributed by atoms with Crippen LogP contribution in [0.15, 0.2) is 36.9 Å². The van der Waals surface area contributed by atoms with Crippen LogP contribution in [0.1, 0.15) is 76.6 Å². The topological polar surface area (TPSA) is 97.6 Å². The van der Waals surface area contributed by atoms with Crippen molar-refractivity contribution >= 4 is 11.9 Å². The van der Waals surface area contributed by atoms with Crippen molar-refractivity contribution in [3.8, 4) is 22.3 Å². The fourth-order valence-electron chi connectivity index (χ4n) is 7.32. The molecule has 0 spiro atoms. The van der Waals surface area contributed by atoms with Gasteiger partial charge >= 0.3 is 6.09 Å². The van der Waals surface area contributed by atoms with E-state index in [9.17, 15) is 4.79 Å². The first kappa shape index (κ1) is 29.2. The Labute approximate surface area is 260 Å². The molecule has 1 saturated carbocycles. The zero-order valence-electron chi connectivity index (χ0n) is 26.3. The number of nitrogens with zero attached hydrogens (tertiary/aromatic N) is 6. The highest BCUT2D eigenvalue weighted by Gasteiger charge is 2.31. The molecule has 4 aliphatic rings. The summed E-state index contributed by atoms with van der Waals surface area (Å²) < 4.78 is 13.2. The van der Waals surface area contributed by atoms with E-state index in [0.717, 1.165) is 86.6 Å². The molecule has 1 N–H and O–H groups in total. The Bertz CT molecular complexity index is 1480. The molecule has 3 fully saturated rings. The lowest BCUT2D eigenvalue weighted by atomic mass is 9.89. The first-order valence-electron chi connectivity index (χ1n) is 16.4. The molecule has 0 atom stereocenters. The number of piperidine rings is 1. The van der Waals surface area contributed by atoms with Gasteiger partial charge in [0, 0.05) is 62.0 Å². The number of ether oxygens (including phenoxy) is 2. The molecular formula is C34H45N7O3. The van der Waals surface area contributed by atoms with E-state index in [0.29, 0.717) is 25.2 Å². The average molecular weight is 600 g/mol. The van der Waals surface area contributed by atoms with Crippen LogP contribution in [0.2, 0.25) is 0 Å². The van der Waals surface area contributed by atoms with Crippen LogP contribution in [0, 0.1) is 0 Å². The molecule has 2 aliphatic carbocycles. The number of morpholine rings is 1. The quantitative estimate of drug-likeness (QED) is 0.320. The van der Waals surface area contributed by atoms with Gasteiger partial charge < -0.3 is 19.7 Å². The van der Waals surface area contributed by atoms with Gasteiger partial charge in [-0.2, -0.15) is 5.10 Å². The van der Waals surface area contributed by atoms with Gasteiger partial charge in [-0.3, -0.25) is 9.58 Å². The molecular weight excluding hydrogens is 554 g/mol. The molecule has 2 aromatic heterocycles. The van der Waals surface area contributed by atoms with Crippen molar-refractivity contribution in [1.82, 2.24) is 29.5 Å². The number of hydrogen-bond donors (Lipinski definition) is 1. The van der Waals surface area contributed by atoms with Crippen LogP contribution in [-0.2, 0) is 15.9 Å². The van der Waals surface area contributed by atoms with Crippen LogP contribution < -0.4 is 5.32 Å². The third-order valence-electron chi connectivity index (χ3n) is 9.69. The Hall–Kier alpha value is -3.50. The highest BCUT2D eigenvalue weighted by Crippen LogP contribution is 2.42. The largest absolute Gasteiger partial charge is 0.444 e. The van der Waals surface area contributed by atoms with E-state index in [-0.39, 0.29) is 12.1 Å². The van der Waals surface area contributed by atoms with E-state index >= 15 is 0 Å². The first-order valence-corrected chi connectivity index (χ1v) is 16.4. The summed E-state index contributed by atoms with van der Waals surface area (Å²) in [7, 11) is 0. The zero-order valence-corrected chi connectivity index (χ0v) is 26.3.